The molecule has 9 nitrogen and oxygen atoms in total. The van der Waals surface area contributed by atoms with E-state index in [4.69, 9.17) is 24.4 Å². The second-order valence-electron chi connectivity index (χ2n) is 7.66. The molecule has 5 rings (SSSR count). The van der Waals surface area contributed by atoms with Crippen molar-refractivity contribution in [3.8, 4) is 0 Å². The second kappa shape index (κ2) is 7.73. The van der Waals surface area contributed by atoms with E-state index in [1.54, 1.807) is 16.2 Å². The van der Waals surface area contributed by atoms with Crippen molar-refractivity contribution < 1.29 is 9.47 Å². The summed E-state index contributed by atoms with van der Waals surface area (Å²) < 4.78 is 14.5. The zero-order valence-electron chi connectivity index (χ0n) is 17.8. The van der Waals surface area contributed by atoms with E-state index in [2.05, 4.69) is 5.10 Å². The Balaban J connectivity index is 1.83. The van der Waals surface area contributed by atoms with Crippen molar-refractivity contribution >= 4 is 39.1 Å². The van der Waals surface area contributed by atoms with Crippen LogP contribution in [0.25, 0.3) is 33.2 Å². The van der Waals surface area contributed by atoms with Gasteiger partial charge in [0, 0.05) is 13.5 Å². The lowest BCUT2D eigenvalue weighted by molar-refractivity contribution is 0.0955. The molecule has 0 spiro atoms. The van der Waals surface area contributed by atoms with Gasteiger partial charge in [0.15, 0.2) is 11.3 Å². The van der Waals surface area contributed by atoms with Gasteiger partial charge in [-0.25, -0.2) is 15.0 Å². The van der Waals surface area contributed by atoms with Crippen molar-refractivity contribution in [2.75, 3.05) is 13.2 Å². The lowest BCUT2D eigenvalue weighted by atomic mass is 10.2. The molecule has 160 valence electrons. The fourth-order valence-corrected chi connectivity index (χ4v) is 4.09. The summed E-state index contributed by atoms with van der Waals surface area (Å²) in [6.07, 6.45) is 1.97. The van der Waals surface area contributed by atoms with E-state index in [0.29, 0.717) is 52.6 Å². The van der Waals surface area contributed by atoms with E-state index >= 15 is 0 Å². The Bertz CT molecular complexity index is 1380. The van der Waals surface area contributed by atoms with Gasteiger partial charge in [0.05, 0.1) is 30.3 Å². The molecule has 1 aliphatic heterocycles. The molecule has 0 bridgehead atoms. The maximum absolute atomic E-state index is 13.6. The van der Waals surface area contributed by atoms with E-state index in [-0.39, 0.29) is 11.7 Å². The van der Waals surface area contributed by atoms with Crippen LogP contribution in [-0.2, 0) is 16.0 Å². The largest absolute Gasteiger partial charge is 0.480 e. The summed E-state index contributed by atoms with van der Waals surface area (Å²) in [6.45, 7) is 7.18. The zero-order valence-corrected chi connectivity index (χ0v) is 17.8. The van der Waals surface area contributed by atoms with Crippen molar-refractivity contribution in [2.24, 2.45) is 5.10 Å². The van der Waals surface area contributed by atoms with E-state index in [1.807, 2.05) is 38.1 Å². The molecule has 0 aliphatic carbocycles. The Kier molecular flexibility index (Phi) is 4.90. The maximum Gasteiger partial charge on any atom is 0.265 e. The van der Waals surface area contributed by atoms with Gasteiger partial charge in [0.1, 0.15) is 16.7 Å². The summed E-state index contributed by atoms with van der Waals surface area (Å²) in [4.78, 5) is 27.9. The molecular formula is C22H24N6O3. The fraction of sp³-hybridized carbons (Fsp3) is 0.409. The van der Waals surface area contributed by atoms with Crippen LogP contribution < -0.4 is 5.56 Å². The molecule has 1 atom stereocenters. The van der Waals surface area contributed by atoms with Gasteiger partial charge in [-0.1, -0.05) is 12.1 Å². The number of benzene rings is 1. The Hall–Kier alpha value is -3.33. The van der Waals surface area contributed by atoms with Gasteiger partial charge in [-0.15, -0.1) is 5.10 Å². The number of ether oxygens (including phenoxy) is 2. The third-order valence-corrected chi connectivity index (χ3v) is 5.54. The molecule has 9 heteroatoms. The van der Waals surface area contributed by atoms with Gasteiger partial charge >= 0.3 is 0 Å². The standard InChI is InChI=1S/C22H24N6O3/c1-4-30-14(3)26-28-20-18(19-21(28)25-17-10-6-5-9-16(17)24-19)22(29)27(13(2)23-20)12-15-8-7-11-31-15/h5-6,9-10,15H,4,7-8,11-12H2,1-3H3. The quantitative estimate of drug-likeness (QED) is 0.372. The van der Waals surface area contributed by atoms with Crippen molar-refractivity contribution in [3.63, 3.8) is 0 Å². The molecule has 4 aromatic rings. The average Bonchev–Trinajstić information content (AvgIpc) is 3.36. The maximum atomic E-state index is 13.6. The highest BCUT2D eigenvalue weighted by Crippen LogP contribution is 2.26. The topological polar surface area (TPSA) is 96.4 Å². The SMILES string of the molecule is CCOC(C)=Nn1c2nc3ccccc3nc2c2c(=O)n(CC3CCCO3)c(C)nc21. The number of nitrogens with zero attached hydrogens (tertiary/aromatic N) is 6. The first-order valence-electron chi connectivity index (χ1n) is 10.5. The molecule has 1 aromatic carbocycles. The van der Waals surface area contributed by atoms with Gasteiger partial charge in [-0.2, -0.15) is 4.68 Å². The Labute approximate surface area is 178 Å². The number of para-hydroxylation sites is 2. The third-order valence-electron chi connectivity index (χ3n) is 5.54. The van der Waals surface area contributed by atoms with Crippen molar-refractivity contribution in [2.45, 2.75) is 46.3 Å². The van der Waals surface area contributed by atoms with Crippen molar-refractivity contribution in [1.29, 1.82) is 0 Å². The minimum atomic E-state index is -0.157. The van der Waals surface area contributed by atoms with E-state index in [1.165, 1.54) is 0 Å². The number of fused-ring (bicyclic) bond motifs is 4. The molecule has 0 amide bonds. The second-order valence-corrected chi connectivity index (χ2v) is 7.66. The van der Waals surface area contributed by atoms with Crippen LogP contribution in [0.1, 0.15) is 32.5 Å². The number of hydrogen-bond donors (Lipinski definition) is 0. The predicted molar refractivity (Wildman–Crippen MR) is 118 cm³/mol. The van der Waals surface area contributed by atoms with E-state index in [0.717, 1.165) is 25.0 Å². The Morgan fingerprint density at radius 2 is 2.00 bits per heavy atom. The number of hydrogen-bond acceptors (Lipinski definition) is 7. The van der Waals surface area contributed by atoms with Crippen molar-refractivity contribution in [1.82, 2.24) is 24.2 Å². The lowest BCUT2D eigenvalue weighted by Crippen LogP contribution is -2.29. The number of aromatic nitrogens is 5. The summed E-state index contributed by atoms with van der Waals surface area (Å²) in [6, 6.07) is 7.57. The van der Waals surface area contributed by atoms with Crippen LogP contribution in [0.2, 0.25) is 0 Å². The van der Waals surface area contributed by atoms with Crippen LogP contribution in [0.3, 0.4) is 0 Å². The van der Waals surface area contributed by atoms with Crippen LogP contribution in [-0.4, -0.2) is 49.4 Å². The van der Waals surface area contributed by atoms with Gasteiger partial charge in [-0.05, 0) is 38.8 Å². The first kappa shape index (κ1) is 19.6. The molecule has 1 saturated heterocycles. The molecule has 4 heterocycles. The number of rotatable bonds is 4. The third kappa shape index (κ3) is 3.34. The summed E-state index contributed by atoms with van der Waals surface area (Å²) in [5.41, 5.74) is 2.67. The van der Waals surface area contributed by atoms with Crippen LogP contribution in [0.4, 0.5) is 0 Å². The lowest BCUT2D eigenvalue weighted by Gasteiger charge is -2.14. The molecule has 1 fully saturated rings. The summed E-state index contributed by atoms with van der Waals surface area (Å²) in [5.74, 6) is 1.06. The van der Waals surface area contributed by atoms with Crippen molar-refractivity contribution in [3.05, 3.63) is 40.4 Å². The normalized spacial score (nSPS) is 17.3. The highest BCUT2D eigenvalue weighted by Gasteiger charge is 2.24. The molecule has 0 saturated carbocycles. The average molecular weight is 420 g/mol. The van der Waals surface area contributed by atoms with E-state index < -0.39 is 0 Å². The first-order valence-corrected chi connectivity index (χ1v) is 10.5. The molecule has 0 N–H and O–H groups in total. The van der Waals surface area contributed by atoms with Crippen LogP contribution >= 0.6 is 0 Å². The molecule has 3 aromatic heterocycles. The molecule has 31 heavy (non-hydrogen) atoms. The van der Waals surface area contributed by atoms with E-state index in [9.17, 15) is 4.79 Å². The molecule has 1 unspecified atom stereocenters. The summed E-state index contributed by atoms with van der Waals surface area (Å²) in [5, 5.41) is 4.97. The fourth-order valence-electron chi connectivity index (χ4n) is 4.09. The van der Waals surface area contributed by atoms with Gasteiger partial charge < -0.3 is 9.47 Å². The highest BCUT2D eigenvalue weighted by atomic mass is 16.5. The predicted octanol–water partition coefficient (Wildman–Crippen LogP) is 3.00. The van der Waals surface area contributed by atoms with Crippen LogP contribution in [0, 0.1) is 6.92 Å². The first-order chi connectivity index (χ1) is 15.1. The molecule has 1 aliphatic rings. The molecule has 0 radical (unpaired) electrons. The number of aryl methyl sites for hydroxylation is 1. The zero-order chi connectivity index (χ0) is 21.5. The van der Waals surface area contributed by atoms with Gasteiger partial charge in [0.2, 0.25) is 5.90 Å². The minimum absolute atomic E-state index is 0.0223. The molecular weight excluding hydrogens is 396 g/mol. The van der Waals surface area contributed by atoms with Gasteiger partial charge in [-0.3, -0.25) is 9.36 Å². The smallest absolute Gasteiger partial charge is 0.265 e. The summed E-state index contributed by atoms with van der Waals surface area (Å²) >= 11 is 0. The Morgan fingerprint density at radius 1 is 1.23 bits per heavy atom. The van der Waals surface area contributed by atoms with Gasteiger partial charge in [0.25, 0.3) is 5.56 Å². The van der Waals surface area contributed by atoms with Crippen LogP contribution in [0.15, 0.2) is 34.2 Å². The van der Waals surface area contributed by atoms with Crippen LogP contribution in [0.5, 0.6) is 0 Å². The monoisotopic (exact) mass is 420 g/mol. The summed E-state index contributed by atoms with van der Waals surface area (Å²) in [7, 11) is 0. The minimum Gasteiger partial charge on any atom is -0.480 e. The Morgan fingerprint density at radius 3 is 2.71 bits per heavy atom. The highest BCUT2D eigenvalue weighted by molar-refractivity contribution is 6.04.